The van der Waals surface area contributed by atoms with E-state index < -0.39 is 35.7 Å². The Labute approximate surface area is 184 Å². The van der Waals surface area contributed by atoms with Gasteiger partial charge in [-0.15, -0.1) is 0 Å². The average Bonchev–Trinajstić information content (AvgIpc) is 3.42. The number of carbonyl (C=O) groups is 3. The standard InChI is InChI=1S/C23H22O9/c1-12(24)32-22(14-5-6-16(27-2)18(9-14)28-3)15-10-29-23(26)20(15)21(25)13-4-7-17-19(8-13)31-11-30-17/h4-9,15,20,22H,10-11H2,1-3H3/t15-,20-,22+/m0/s1. The number of ether oxygens (including phenoxy) is 6. The summed E-state index contributed by atoms with van der Waals surface area (Å²) in [5, 5.41) is 0. The Morgan fingerprint density at radius 1 is 0.969 bits per heavy atom. The lowest BCUT2D eigenvalue weighted by Gasteiger charge is -2.26. The summed E-state index contributed by atoms with van der Waals surface area (Å²) in [7, 11) is 2.99. The molecule has 0 aromatic heterocycles. The second-order valence-electron chi connectivity index (χ2n) is 7.35. The van der Waals surface area contributed by atoms with E-state index in [2.05, 4.69) is 0 Å². The summed E-state index contributed by atoms with van der Waals surface area (Å²) in [5.74, 6) is -1.71. The van der Waals surface area contributed by atoms with Crippen LogP contribution in [0, 0.1) is 11.8 Å². The maximum absolute atomic E-state index is 13.3. The fraction of sp³-hybridized carbons (Fsp3) is 0.348. The van der Waals surface area contributed by atoms with Crippen molar-refractivity contribution in [3.05, 3.63) is 47.5 Å². The fourth-order valence-corrected chi connectivity index (χ4v) is 3.94. The van der Waals surface area contributed by atoms with E-state index in [0.717, 1.165) is 0 Å². The fourth-order valence-electron chi connectivity index (χ4n) is 3.94. The van der Waals surface area contributed by atoms with Crippen LogP contribution in [0.1, 0.15) is 28.9 Å². The summed E-state index contributed by atoms with van der Waals surface area (Å²) in [6.45, 7) is 1.25. The van der Waals surface area contributed by atoms with Gasteiger partial charge in [0, 0.05) is 12.5 Å². The molecule has 4 rings (SSSR count). The Hall–Kier alpha value is -3.75. The van der Waals surface area contributed by atoms with Crippen LogP contribution < -0.4 is 18.9 Å². The minimum atomic E-state index is -1.16. The third-order valence-corrected chi connectivity index (χ3v) is 5.46. The highest BCUT2D eigenvalue weighted by molar-refractivity contribution is 6.10. The first-order valence-electron chi connectivity index (χ1n) is 9.92. The highest BCUT2D eigenvalue weighted by Crippen LogP contribution is 2.41. The average molecular weight is 442 g/mol. The van der Waals surface area contributed by atoms with Crippen molar-refractivity contribution in [1.82, 2.24) is 0 Å². The molecule has 2 heterocycles. The SMILES string of the molecule is COc1ccc([C@@H](OC(C)=O)[C@H]2COC(=O)[C@@H]2C(=O)c2ccc3c(c2)OCO3)cc1OC. The molecule has 2 aromatic rings. The van der Waals surface area contributed by atoms with Crippen LogP contribution in [0.5, 0.6) is 23.0 Å². The zero-order valence-corrected chi connectivity index (χ0v) is 17.8. The monoisotopic (exact) mass is 442 g/mol. The van der Waals surface area contributed by atoms with Crippen LogP contribution in [0.25, 0.3) is 0 Å². The zero-order valence-electron chi connectivity index (χ0n) is 17.8. The number of methoxy groups -OCH3 is 2. The first-order valence-corrected chi connectivity index (χ1v) is 9.92. The number of esters is 2. The zero-order chi connectivity index (χ0) is 22.8. The normalized spacial score (nSPS) is 19.8. The van der Waals surface area contributed by atoms with Gasteiger partial charge in [-0.3, -0.25) is 14.4 Å². The highest BCUT2D eigenvalue weighted by Gasteiger charge is 2.48. The van der Waals surface area contributed by atoms with E-state index in [1.807, 2.05) is 0 Å². The molecule has 0 amide bonds. The van der Waals surface area contributed by atoms with Crippen molar-refractivity contribution in [2.45, 2.75) is 13.0 Å². The molecule has 168 valence electrons. The third kappa shape index (κ3) is 3.93. The number of benzene rings is 2. The lowest BCUT2D eigenvalue weighted by atomic mass is 9.82. The number of hydrogen-bond acceptors (Lipinski definition) is 9. The largest absolute Gasteiger partial charge is 0.493 e. The van der Waals surface area contributed by atoms with Gasteiger partial charge in [0.25, 0.3) is 0 Å². The van der Waals surface area contributed by atoms with Crippen LogP contribution in [-0.4, -0.2) is 45.3 Å². The van der Waals surface area contributed by atoms with E-state index in [4.69, 9.17) is 28.4 Å². The molecule has 0 radical (unpaired) electrons. The van der Waals surface area contributed by atoms with Crippen molar-refractivity contribution in [2.24, 2.45) is 11.8 Å². The van der Waals surface area contributed by atoms with Crippen LogP contribution in [0.2, 0.25) is 0 Å². The van der Waals surface area contributed by atoms with Crippen LogP contribution >= 0.6 is 0 Å². The van der Waals surface area contributed by atoms with Gasteiger partial charge < -0.3 is 28.4 Å². The van der Waals surface area contributed by atoms with Crippen LogP contribution in [0.3, 0.4) is 0 Å². The van der Waals surface area contributed by atoms with Gasteiger partial charge in [0.1, 0.15) is 12.0 Å². The van der Waals surface area contributed by atoms with Crippen molar-refractivity contribution in [3.63, 3.8) is 0 Å². The van der Waals surface area contributed by atoms with Crippen LogP contribution in [-0.2, 0) is 19.1 Å². The quantitative estimate of drug-likeness (QED) is 0.363. The minimum absolute atomic E-state index is 0.0644. The molecule has 0 saturated carbocycles. The Morgan fingerprint density at radius 2 is 1.72 bits per heavy atom. The highest BCUT2D eigenvalue weighted by atomic mass is 16.7. The number of hydrogen-bond donors (Lipinski definition) is 0. The third-order valence-electron chi connectivity index (χ3n) is 5.46. The van der Waals surface area contributed by atoms with E-state index >= 15 is 0 Å². The van der Waals surface area contributed by atoms with Crippen LogP contribution in [0.15, 0.2) is 36.4 Å². The van der Waals surface area contributed by atoms with Gasteiger partial charge in [-0.1, -0.05) is 6.07 Å². The summed E-state index contributed by atoms with van der Waals surface area (Å²) < 4.78 is 32.0. The predicted molar refractivity (Wildman–Crippen MR) is 109 cm³/mol. The molecule has 1 fully saturated rings. The minimum Gasteiger partial charge on any atom is -0.493 e. The lowest BCUT2D eigenvalue weighted by molar-refractivity contribution is -0.150. The van der Waals surface area contributed by atoms with Crippen LogP contribution in [0.4, 0.5) is 0 Å². The molecule has 9 heteroatoms. The van der Waals surface area contributed by atoms with Crippen molar-refractivity contribution >= 4 is 17.7 Å². The summed E-state index contributed by atoms with van der Waals surface area (Å²) in [4.78, 5) is 37.8. The molecule has 9 nitrogen and oxygen atoms in total. The predicted octanol–water partition coefficient (Wildman–Crippen LogP) is 2.71. The molecule has 2 aliphatic rings. The maximum atomic E-state index is 13.3. The molecule has 3 atom stereocenters. The van der Waals surface area contributed by atoms with Crippen molar-refractivity contribution in [2.75, 3.05) is 27.6 Å². The van der Waals surface area contributed by atoms with Gasteiger partial charge in [-0.05, 0) is 35.9 Å². The molecule has 2 aromatic carbocycles. The summed E-state index contributed by atoms with van der Waals surface area (Å²) in [5.41, 5.74) is 0.821. The second-order valence-corrected chi connectivity index (χ2v) is 7.35. The molecular formula is C23H22O9. The lowest BCUT2D eigenvalue weighted by Crippen LogP contribution is -2.31. The van der Waals surface area contributed by atoms with E-state index in [0.29, 0.717) is 28.6 Å². The molecule has 0 unspecified atom stereocenters. The maximum Gasteiger partial charge on any atom is 0.317 e. The van der Waals surface area contributed by atoms with E-state index in [1.54, 1.807) is 30.3 Å². The Bertz CT molecular complexity index is 1060. The molecule has 0 bridgehead atoms. The summed E-state index contributed by atoms with van der Waals surface area (Å²) >= 11 is 0. The molecule has 0 N–H and O–H groups in total. The van der Waals surface area contributed by atoms with Gasteiger partial charge in [0.15, 0.2) is 28.8 Å². The molecule has 0 spiro atoms. The topological polar surface area (TPSA) is 107 Å². The Morgan fingerprint density at radius 3 is 2.44 bits per heavy atom. The Kier molecular flexibility index (Phi) is 5.89. The molecular weight excluding hydrogens is 420 g/mol. The number of Topliss-reactive ketones (excluding diaryl/α,β-unsaturated/α-hetero) is 1. The van der Waals surface area contributed by atoms with Gasteiger partial charge in [-0.2, -0.15) is 0 Å². The molecule has 0 aliphatic carbocycles. The van der Waals surface area contributed by atoms with Gasteiger partial charge in [-0.25, -0.2) is 0 Å². The van der Waals surface area contributed by atoms with E-state index in [-0.39, 0.29) is 19.0 Å². The number of ketones is 1. The van der Waals surface area contributed by atoms with Gasteiger partial charge >= 0.3 is 11.9 Å². The molecule has 32 heavy (non-hydrogen) atoms. The van der Waals surface area contributed by atoms with E-state index in [1.165, 1.54) is 27.2 Å². The molecule has 2 aliphatic heterocycles. The number of carbonyl (C=O) groups excluding carboxylic acids is 3. The van der Waals surface area contributed by atoms with Crippen molar-refractivity contribution in [3.8, 4) is 23.0 Å². The van der Waals surface area contributed by atoms with E-state index in [9.17, 15) is 14.4 Å². The number of rotatable bonds is 7. The summed E-state index contributed by atoms with van der Waals surface area (Å²) in [6.07, 6.45) is -0.915. The first kappa shape index (κ1) is 21.5. The van der Waals surface area contributed by atoms with Gasteiger partial charge in [0.05, 0.1) is 26.7 Å². The van der Waals surface area contributed by atoms with Crippen molar-refractivity contribution < 1.29 is 42.8 Å². The second kappa shape index (κ2) is 8.78. The first-order chi connectivity index (χ1) is 15.4. The van der Waals surface area contributed by atoms with Crippen molar-refractivity contribution in [1.29, 1.82) is 0 Å². The smallest absolute Gasteiger partial charge is 0.317 e. The molecule has 1 saturated heterocycles. The van der Waals surface area contributed by atoms with Gasteiger partial charge in [0.2, 0.25) is 6.79 Å². The number of fused-ring (bicyclic) bond motifs is 1. The Balaban J connectivity index is 1.69. The summed E-state index contributed by atoms with van der Waals surface area (Å²) in [6, 6.07) is 9.72. The number of cyclic esters (lactones) is 1.